The summed E-state index contributed by atoms with van der Waals surface area (Å²) >= 11 is 23.8. The van der Waals surface area contributed by atoms with Crippen molar-refractivity contribution in [2.24, 2.45) is 5.92 Å². The summed E-state index contributed by atoms with van der Waals surface area (Å²) in [6, 6.07) is 99.1. The van der Waals surface area contributed by atoms with Gasteiger partial charge in [-0.15, -0.1) is 0 Å². The van der Waals surface area contributed by atoms with Crippen LogP contribution in [-0.4, -0.2) is 0 Å². The SMILES string of the molecule is Cc1ccc(-c2ccc(C)c(Cl)c2F)cc1.Cc1ccc(-c2ccc(C)c(Cl)c2F)cc1.Cc1ccc(-c2ccc(C)c(F)c2Cl)cc1.Cc1ccc(-c2ccc(C)c(F)c2Cl)cc1.Cc1ccc(-c2ccc(C)c(F)c2F)cc1.Cc1ccc(-c2ccc(C)c(F)c2F)cc1.Cc1ccc(-c2ccc(C)c(F)c2F)cc1.Cc1ccc(-c2ccc(C)c(F)c2F)cc1.Cc1ccc(-c2ccc(C3CCC(C)CC3)cc2)c(F)c1F.[HH]. The van der Waals surface area contributed by atoms with Crippen molar-refractivity contribution < 1.29 is 62.9 Å². The van der Waals surface area contributed by atoms with Crippen molar-refractivity contribution in [2.75, 3.05) is 0 Å². The minimum absolute atomic E-state index is 0. The molecule has 1 fully saturated rings. The molecule has 0 aliphatic heterocycles. The molecule has 150 heavy (non-hydrogen) atoms. The van der Waals surface area contributed by atoms with Crippen LogP contribution in [0, 0.1) is 205 Å². The fraction of sp³-hybridized carbons (Fsp3) is 0.182. The molecule has 0 unspecified atom stereocenters. The van der Waals surface area contributed by atoms with E-state index in [2.05, 4.69) is 19.1 Å². The summed E-state index contributed by atoms with van der Waals surface area (Å²) in [5.41, 5.74) is 25.9. The van der Waals surface area contributed by atoms with Gasteiger partial charge in [0.1, 0.15) is 23.3 Å². The van der Waals surface area contributed by atoms with Crippen LogP contribution in [0.1, 0.15) is 140 Å². The lowest BCUT2D eigenvalue weighted by Crippen LogP contribution is -2.10. The second kappa shape index (κ2) is 54.0. The standard InChI is InChI=1S/C20H22F2.4C14H12ClF.4C14H12F2.H2/c1-13-3-6-15(7-4-13)16-8-10-17(11-9-16)18-12-5-14(2)19(21)20(18)22;2*1-9-3-6-11(7-4-9)12-8-5-10(2)14(16)13(12)15;6*1-9-3-6-11(7-4-9)12-8-5-10(2)13(15)14(12)16;/h5,8-13,15H,3-4,6-7H2,1-2H3;8*3-8H,1-2H3;1H. The highest BCUT2D eigenvalue weighted by Gasteiger charge is 2.24. The van der Waals surface area contributed by atoms with E-state index in [0.29, 0.717) is 106 Å². The number of aryl methyl sites for hydroxylation is 17. The van der Waals surface area contributed by atoms with E-state index in [0.717, 1.165) is 89.4 Å². The third-order valence-electron chi connectivity index (χ3n) is 26.1. The fourth-order valence-corrected chi connectivity index (χ4v) is 17.2. The lowest BCUT2D eigenvalue weighted by Gasteiger charge is -2.26. The molecule has 1 saturated carbocycles. The zero-order valence-electron chi connectivity index (χ0n) is 87.0. The Hall–Kier alpha value is -13.9. The Balaban J connectivity index is 0.000000174. The molecule has 0 N–H and O–H groups in total. The van der Waals surface area contributed by atoms with Crippen molar-refractivity contribution >= 4 is 46.4 Å². The van der Waals surface area contributed by atoms with Crippen LogP contribution in [0.15, 0.2) is 328 Å². The molecule has 0 atom stereocenters. The normalized spacial score (nSPS) is 12.2. The van der Waals surface area contributed by atoms with Crippen LogP contribution in [0.2, 0.25) is 20.1 Å². The first kappa shape index (κ1) is 116. The van der Waals surface area contributed by atoms with Gasteiger partial charge in [0, 0.05) is 51.5 Å². The maximum absolute atomic E-state index is 14.1. The monoisotopic (exact) mass is 2110 g/mol. The topological polar surface area (TPSA) is 0 Å². The van der Waals surface area contributed by atoms with Crippen LogP contribution >= 0.6 is 46.4 Å². The van der Waals surface area contributed by atoms with E-state index < -0.39 is 58.2 Å². The third kappa shape index (κ3) is 30.5. The molecule has 18 heteroatoms. The highest BCUT2D eigenvalue weighted by molar-refractivity contribution is 6.34. The Labute approximate surface area is 894 Å². The molecule has 1 aliphatic carbocycles. The van der Waals surface area contributed by atoms with E-state index in [1.807, 2.05) is 237 Å². The lowest BCUT2D eigenvalue weighted by molar-refractivity contribution is 0.348. The molecule has 19 rings (SSSR count). The van der Waals surface area contributed by atoms with Crippen molar-refractivity contribution in [3.8, 4) is 100 Å². The lowest BCUT2D eigenvalue weighted by atomic mass is 9.79. The van der Waals surface area contributed by atoms with Gasteiger partial charge in [-0.2, -0.15) is 0 Å². The van der Waals surface area contributed by atoms with Gasteiger partial charge in [0.15, 0.2) is 58.2 Å². The molecule has 0 aromatic heterocycles. The number of hydrogen-bond donors (Lipinski definition) is 0. The smallest absolute Gasteiger partial charge is 0.166 e. The Morgan fingerprint density at radius 3 is 0.487 bits per heavy atom. The molecule has 0 radical (unpaired) electrons. The number of rotatable bonds is 10. The van der Waals surface area contributed by atoms with Gasteiger partial charge in [0.05, 0.1) is 20.1 Å². The molecule has 0 amide bonds. The molecule has 0 spiro atoms. The zero-order chi connectivity index (χ0) is 109. The Kier molecular flexibility index (Phi) is 41.9. The van der Waals surface area contributed by atoms with E-state index in [1.165, 1.54) is 42.4 Å². The largest absolute Gasteiger partial charge is 0.205 e. The summed E-state index contributed by atoms with van der Waals surface area (Å²) in [5.74, 6) is -7.56. The first-order valence-electron chi connectivity index (χ1n) is 49.0. The highest BCUT2D eigenvalue weighted by Crippen LogP contribution is 2.41. The minimum atomic E-state index is -0.774. The average molecular weight is 2110 g/mol. The van der Waals surface area contributed by atoms with Crippen molar-refractivity contribution in [3.63, 3.8) is 0 Å². The molecule has 0 bridgehead atoms. The first-order valence-corrected chi connectivity index (χ1v) is 50.5. The third-order valence-corrected chi connectivity index (χ3v) is 27.8. The summed E-state index contributed by atoms with van der Waals surface area (Å²) in [5, 5.41) is 0.809. The molecule has 1 aliphatic rings. The molecular weight excluding hydrogens is 1990 g/mol. The van der Waals surface area contributed by atoms with E-state index in [4.69, 9.17) is 46.4 Å². The van der Waals surface area contributed by atoms with Gasteiger partial charge < -0.3 is 0 Å². The van der Waals surface area contributed by atoms with Crippen LogP contribution in [0.5, 0.6) is 0 Å². The van der Waals surface area contributed by atoms with Crippen molar-refractivity contribution in [1.29, 1.82) is 0 Å². The first-order chi connectivity index (χ1) is 71.3. The summed E-state index contributed by atoms with van der Waals surface area (Å²) < 4.78 is 191. The molecule has 0 nitrogen and oxygen atoms in total. The van der Waals surface area contributed by atoms with Gasteiger partial charge >= 0.3 is 0 Å². The summed E-state index contributed by atoms with van der Waals surface area (Å²) in [6.45, 7) is 33.0. The maximum Gasteiger partial charge on any atom is 0.166 e. The summed E-state index contributed by atoms with van der Waals surface area (Å²) in [7, 11) is 0. The van der Waals surface area contributed by atoms with Crippen LogP contribution < -0.4 is 0 Å². The fourth-order valence-electron chi connectivity index (χ4n) is 16.2. The van der Waals surface area contributed by atoms with Crippen molar-refractivity contribution in [1.82, 2.24) is 0 Å². The van der Waals surface area contributed by atoms with E-state index >= 15 is 0 Å². The minimum Gasteiger partial charge on any atom is -0.205 e. The van der Waals surface area contributed by atoms with E-state index in [-0.39, 0.29) is 44.8 Å². The summed E-state index contributed by atoms with van der Waals surface area (Å²) in [6.07, 6.45) is 5.02. The highest BCUT2D eigenvalue weighted by atomic mass is 35.5. The second-order valence-electron chi connectivity index (χ2n) is 38.0. The van der Waals surface area contributed by atoms with Crippen molar-refractivity contribution in [2.45, 2.75) is 156 Å². The predicted molar refractivity (Wildman–Crippen MR) is 599 cm³/mol. The van der Waals surface area contributed by atoms with E-state index in [9.17, 15) is 61.5 Å². The van der Waals surface area contributed by atoms with Gasteiger partial charge in [-0.1, -0.05) is 438 Å². The maximum atomic E-state index is 14.1. The van der Waals surface area contributed by atoms with Gasteiger partial charge in [0.2, 0.25) is 0 Å². The molecule has 18 aromatic carbocycles. The molecule has 0 saturated heterocycles. The van der Waals surface area contributed by atoms with Crippen molar-refractivity contribution in [3.05, 3.63) is 529 Å². The van der Waals surface area contributed by atoms with Crippen LogP contribution in [-0.2, 0) is 0 Å². The second-order valence-corrected chi connectivity index (χ2v) is 39.5. The molecule has 774 valence electrons. The number of hydrogen-bond acceptors (Lipinski definition) is 0. The molecular formula is C132H120Cl4F14. The Bertz CT molecular complexity index is 6470. The molecule has 18 aromatic rings. The summed E-state index contributed by atoms with van der Waals surface area (Å²) in [4.78, 5) is 0. The predicted octanol–water partition coefficient (Wildman–Crippen LogP) is 42.5. The van der Waals surface area contributed by atoms with Gasteiger partial charge in [-0.3, -0.25) is 0 Å². The Morgan fingerprint density at radius 1 is 0.153 bits per heavy atom. The van der Waals surface area contributed by atoms with Gasteiger partial charge in [-0.05, 0) is 248 Å². The van der Waals surface area contributed by atoms with Gasteiger partial charge in [-0.25, -0.2) is 61.5 Å². The van der Waals surface area contributed by atoms with E-state index in [1.54, 1.807) is 196 Å². The van der Waals surface area contributed by atoms with Gasteiger partial charge in [0.25, 0.3) is 0 Å². The molecule has 0 heterocycles. The van der Waals surface area contributed by atoms with Crippen LogP contribution in [0.3, 0.4) is 0 Å². The number of halogens is 18. The number of benzene rings is 18. The average Bonchev–Trinajstić information content (AvgIpc) is 0.818. The Morgan fingerprint density at radius 2 is 0.300 bits per heavy atom. The zero-order valence-corrected chi connectivity index (χ0v) is 90.0. The van der Waals surface area contributed by atoms with Crippen LogP contribution in [0.25, 0.3) is 100 Å². The quantitative estimate of drug-likeness (QED) is 0.120. The van der Waals surface area contributed by atoms with Crippen LogP contribution in [0.4, 0.5) is 61.5 Å².